The fourth-order valence-corrected chi connectivity index (χ4v) is 6.73. The van der Waals surface area contributed by atoms with Gasteiger partial charge in [-0.05, 0) is 31.0 Å². The Morgan fingerprint density at radius 1 is 1.32 bits per heavy atom. The minimum atomic E-state index is -3.51. The predicted molar refractivity (Wildman–Crippen MR) is 79.7 cm³/mol. The van der Waals surface area contributed by atoms with Crippen molar-refractivity contribution in [1.82, 2.24) is 4.31 Å². The first-order valence-corrected chi connectivity index (χ1v) is 9.23. The number of aryl methyl sites for hydroxylation is 1. The molecule has 2 aliphatic rings. The van der Waals surface area contributed by atoms with Gasteiger partial charge in [0.05, 0.1) is 5.02 Å². The molecule has 19 heavy (non-hydrogen) atoms. The van der Waals surface area contributed by atoms with Gasteiger partial charge in [0.15, 0.2) is 0 Å². The van der Waals surface area contributed by atoms with E-state index in [1.165, 1.54) is 6.07 Å². The highest BCUT2D eigenvalue weighted by Gasteiger charge is 2.45. The molecule has 2 aliphatic heterocycles. The van der Waals surface area contributed by atoms with Crippen LogP contribution in [-0.2, 0) is 10.0 Å². The Bertz CT molecular complexity index is 633. The molecule has 0 N–H and O–H groups in total. The number of sulfonamides is 1. The lowest BCUT2D eigenvalue weighted by Crippen LogP contribution is -2.39. The minimum absolute atomic E-state index is 0.118. The number of benzene rings is 1. The molecule has 3 nitrogen and oxygen atoms in total. The van der Waals surface area contributed by atoms with Gasteiger partial charge in [-0.1, -0.05) is 23.2 Å². The Balaban J connectivity index is 2.03. The highest BCUT2D eigenvalue weighted by atomic mass is 35.5. The summed E-state index contributed by atoms with van der Waals surface area (Å²) in [6.07, 6.45) is 0.952. The van der Waals surface area contributed by atoms with Crippen molar-refractivity contribution in [2.45, 2.75) is 29.5 Å². The van der Waals surface area contributed by atoms with Gasteiger partial charge >= 0.3 is 0 Å². The Morgan fingerprint density at radius 3 is 2.63 bits per heavy atom. The molecule has 2 atom stereocenters. The topological polar surface area (TPSA) is 37.4 Å². The molecule has 0 aliphatic carbocycles. The van der Waals surface area contributed by atoms with Crippen LogP contribution in [0.5, 0.6) is 0 Å². The normalized spacial score (nSPS) is 27.1. The number of thioether (sulfide) groups is 1. The first-order chi connectivity index (χ1) is 8.89. The second-order valence-corrected chi connectivity index (χ2v) is 8.96. The third-order valence-corrected chi connectivity index (χ3v) is 7.83. The molecule has 1 aromatic carbocycles. The molecule has 1 aromatic rings. The monoisotopic (exact) mass is 337 g/mol. The lowest BCUT2D eigenvalue weighted by atomic mass is 10.2. The van der Waals surface area contributed by atoms with Gasteiger partial charge in [-0.2, -0.15) is 16.1 Å². The van der Waals surface area contributed by atoms with Gasteiger partial charge in [-0.15, -0.1) is 0 Å². The van der Waals surface area contributed by atoms with Crippen molar-refractivity contribution in [3.05, 3.63) is 27.7 Å². The van der Waals surface area contributed by atoms with Crippen molar-refractivity contribution in [1.29, 1.82) is 0 Å². The molecule has 0 saturated carbocycles. The van der Waals surface area contributed by atoms with Crippen molar-refractivity contribution in [2.24, 2.45) is 0 Å². The summed E-state index contributed by atoms with van der Waals surface area (Å²) in [6, 6.07) is 3.19. The maximum atomic E-state index is 12.7. The highest BCUT2D eigenvalue weighted by molar-refractivity contribution is 8.00. The van der Waals surface area contributed by atoms with Gasteiger partial charge in [0, 0.05) is 28.6 Å². The Hall–Kier alpha value is 0.0600. The second kappa shape index (κ2) is 4.81. The zero-order chi connectivity index (χ0) is 13.8. The number of halogens is 2. The molecular weight excluding hydrogens is 325 g/mol. The first kappa shape index (κ1) is 14.0. The molecule has 2 heterocycles. The van der Waals surface area contributed by atoms with E-state index in [-0.39, 0.29) is 16.0 Å². The average molecular weight is 338 g/mol. The maximum Gasteiger partial charge on any atom is 0.244 e. The Morgan fingerprint density at radius 2 is 2.05 bits per heavy atom. The first-order valence-electron chi connectivity index (χ1n) is 5.98. The van der Waals surface area contributed by atoms with Crippen LogP contribution in [0.1, 0.15) is 12.0 Å². The molecule has 0 aromatic heterocycles. The molecule has 2 bridgehead atoms. The Kier molecular flexibility index (Phi) is 3.55. The van der Waals surface area contributed by atoms with E-state index in [0.29, 0.717) is 16.8 Å². The lowest BCUT2D eigenvalue weighted by molar-refractivity contribution is 0.410. The SMILES string of the molecule is Cc1cc(S(=O)(=O)N2CC3CC2CS3)c(Cl)cc1Cl. The van der Waals surface area contributed by atoms with Crippen LogP contribution in [0.2, 0.25) is 10.0 Å². The number of rotatable bonds is 2. The summed E-state index contributed by atoms with van der Waals surface area (Å²) in [4.78, 5) is 0.175. The number of fused-ring (bicyclic) bond motifs is 2. The van der Waals surface area contributed by atoms with Crippen LogP contribution >= 0.6 is 35.0 Å². The smallest absolute Gasteiger partial charge is 0.207 e. The minimum Gasteiger partial charge on any atom is -0.207 e. The Labute approximate surface area is 127 Å². The molecule has 2 fully saturated rings. The zero-order valence-corrected chi connectivity index (χ0v) is 13.4. The highest BCUT2D eigenvalue weighted by Crippen LogP contribution is 2.41. The van der Waals surface area contributed by atoms with Gasteiger partial charge in [0.1, 0.15) is 4.90 Å². The van der Waals surface area contributed by atoms with E-state index in [2.05, 4.69) is 0 Å². The zero-order valence-electron chi connectivity index (χ0n) is 10.3. The standard InChI is InChI=1S/C12H13Cl2NO2S2/c1-7-2-12(11(14)4-10(7)13)19(16,17)15-5-9-3-8(15)6-18-9/h2,4,8-9H,3,5-6H2,1H3. The molecule has 0 spiro atoms. The lowest BCUT2D eigenvalue weighted by Gasteiger charge is -2.26. The third-order valence-electron chi connectivity index (χ3n) is 3.65. The van der Waals surface area contributed by atoms with Crippen LogP contribution in [0.4, 0.5) is 0 Å². The van der Waals surface area contributed by atoms with Crippen LogP contribution in [0.3, 0.4) is 0 Å². The van der Waals surface area contributed by atoms with Crippen molar-refractivity contribution in [2.75, 3.05) is 12.3 Å². The summed E-state index contributed by atoms with van der Waals surface area (Å²) in [5, 5.41) is 1.13. The van der Waals surface area contributed by atoms with E-state index in [0.717, 1.165) is 17.7 Å². The molecule has 3 rings (SSSR count). The summed E-state index contributed by atoms with van der Waals surface area (Å²) in [5.41, 5.74) is 0.725. The van der Waals surface area contributed by atoms with Gasteiger partial charge in [0.25, 0.3) is 0 Å². The van der Waals surface area contributed by atoms with Crippen LogP contribution in [0, 0.1) is 6.92 Å². The molecular formula is C12H13Cl2NO2S2. The van der Waals surface area contributed by atoms with Gasteiger partial charge in [0.2, 0.25) is 10.0 Å². The number of hydrogen-bond donors (Lipinski definition) is 0. The van der Waals surface area contributed by atoms with Gasteiger partial charge in [-0.25, -0.2) is 8.42 Å². The van der Waals surface area contributed by atoms with Crippen LogP contribution in [-0.4, -0.2) is 36.3 Å². The molecule has 0 radical (unpaired) electrons. The number of hydrogen-bond acceptors (Lipinski definition) is 3. The van der Waals surface area contributed by atoms with E-state index >= 15 is 0 Å². The average Bonchev–Trinajstić information content (AvgIpc) is 2.95. The predicted octanol–water partition coefficient (Wildman–Crippen LogP) is 3.18. The fourth-order valence-electron chi connectivity index (χ4n) is 2.61. The van der Waals surface area contributed by atoms with Crippen LogP contribution in [0.25, 0.3) is 0 Å². The van der Waals surface area contributed by atoms with Gasteiger partial charge in [-0.3, -0.25) is 0 Å². The molecule has 2 saturated heterocycles. The molecule has 2 unspecified atom stereocenters. The summed E-state index contributed by atoms with van der Waals surface area (Å²) >= 11 is 13.9. The summed E-state index contributed by atoms with van der Waals surface area (Å²) < 4.78 is 27.0. The quantitative estimate of drug-likeness (QED) is 0.831. The van der Waals surface area contributed by atoms with Crippen molar-refractivity contribution < 1.29 is 8.42 Å². The third kappa shape index (κ3) is 2.29. The van der Waals surface area contributed by atoms with E-state index in [9.17, 15) is 8.42 Å². The van der Waals surface area contributed by atoms with E-state index < -0.39 is 10.0 Å². The van der Waals surface area contributed by atoms with Gasteiger partial charge < -0.3 is 0 Å². The second-order valence-electron chi connectivity index (χ2n) is 4.95. The van der Waals surface area contributed by atoms with E-state index in [1.54, 1.807) is 17.3 Å². The summed E-state index contributed by atoms with van der Waals surface area (Å²) in [6.45, 7) is 2.37. The largest absolute Gasteiger partial charge is 0.244 e. The summed E-state index contributed by atoms with van der Waals surface area (Å²) in [5.74, 6) is 0.883. The van der Waals surface area contributed by atoms with E-state index in [4.69, 9.17) is 23.2 Å². The molecule has 104 valence electrons. The van der Waals surface area contributed by atoms with Crippen molar-refractivity contribution >= 4 is 45.0 Å². The number of nitrogens with zero attached hydrogens (tertiary/aromatic N) is 1. The summed E-state index contributed by atoms with van der Waals surface area (Å²) in [7, 11) is -3.51. The van der Waals surface area contributed by atoms with Crippen LogP contribution < -0.4 is 0 Å². The van der Waals surface area contributed by atoms with Crippen molar-refractivity contribution in [3.63, 3.8) is 0 Å². The van der Waals surface area contributed by atoms with Crippen molar-refractivity contribution in [3.8, 4) is 0 Å². The molecule has 0 amide bonds. The maximum absolute atomic E-state index is 12.7. The fraction of sp³-hybridized carbons (Fsp3) is 0.500. The molecule has 7 heteroatoms. The van der Waals surface area contributed by atoms with Crippen LogP contribution in [0.15, 0.2) is 17.0 Å². The van der Waals surface area contributed by atoms with E-state index in [1.807, 2.05) is 11.8 Å².